The Balaban J connectivity index is 2.56. The van der Waals surface area contributed by atoms with Gasteiger partial charge in [0.1, 0.15) is 5.84 Å². The van der Waals surface area contributed by atoms with Crippen LogP contribution < -0.4 is 0 Å². The number of piperidine rings is 1. The molecule has 3 heteroatoms. The van der Waals surface area contributed by atoms with Gasteiger partial charge in [-0.25, -0.2) is 0 Å². The van der Waals surface area contributed by atoms with Crippen LogP contribution in [-0.4, -0.2) is 37.0 Å². The van der Waals surface area contributed by atoms with E-state index in [4.69, 9.17) is 10.1 Å². The molecule has 1 fully saturated rings. The Labute approximate surface area is 86.9 Å². The van der Waals surface area contributed by atoms with Crippen LogP contribution in [0.1, 0.15) is 33.6 Å². The minimum atomic E-state index is -0.0460. The topological polar surface area (TPSA) is 36.3 Å². The lowest BCUT2D eigenvalue weighted by molar-refractivity contribution is 0.0510. The molecule has 0 aromatic heterocycles. The van der Waals surface area contributed by atoms with E-state index in [1.165, 1.54) is 0 Å². The van der Waals surface area contributed by atoms with Gasteiger partial charge < -0.3 is 9.64 Å². The highest BCUT2D eigenvalue weighted by atomic mass is 16.5. The Morgan fingerprint density at radius 2 is 2.07 bits per heavy atom. The third-order valence-corrected chi connectivity index (χ3v) is 2.74. The number of hydrogen-bond donors (Lipinski definition) is 1. The summed E-state index contributed by atoms with van der Waals surface area (Å²) < 4.78 is 5.35. The molecule has 1 aliphatic heterocycles. The molecule has 1 aliphatic rings. The second kappa shape index (κ2) is 4.30. The van der Waals surface area contributed by atoms with Crippen LogP contribution in [0.3, 0.4) is 0 Å². The van der Waals surface area contributed by atoms with Gasteiger partial charge in [0, 0.05) is 25.6 Å². The van der Waals surface area contributed by atoms with Gasteiger partial charge in [0.05, 0.1) is 6.10 Å². The molecule has 1 unspecified atom stereocenters. The van der Waals surface area contributed by atoms with Crippen LogP contribution in [0.15, 0.2) is 0 Å². The Morgan fingerprint density at radius 3 is 2.57 bits per heavy atom. The third kappa shape index (κ3) is 2.71. The first-order valence-corrected chi connectivity index (χ1v) is 5.32. The molecule has 0 aliphatic carbocycles. The number of likely N-dealkylation sites (tertiary alicyclic amines) is 1. The van der Waals surface area contributed by atoms with Crippen LogP contribution in [0.25, 0.3) is 0 Å². The summed E-state index contributed by atoms with van der Waals surface area (Å²) in [7, 11) is 1.76. The van der Waals surface area contributed by atoms with Crippen LogP contribution in [0.4, 0.5) is 0 Å². The summed E-state index contributed by atoms with van der Waals surface area (Å²) in [5.41, 5.74) is -0.0460. The van der Waals surface area contributed by atoms with Gasteiger partial charge in [-0.05, 0) is 12.8 Å². The fourth-order valence-corrected chi connectivity index (χ4v) is 1.81. The normalized spacial score (nSPS) is 23.7. The molecule has 1 atom stereocenters. The summed E-state index contributed by atoms with van der Waals surface area (Å²) in [5.74, 6) is 0.735. The molecule has 0 spiro atoms. The van der Waals surface area contributed by atoms with E-state index in [0.717, 1.165) is 31.8 Å². The number of methoxy groups -OCH3 is 1. The van der Waals surface area contributed by atoms with Crippen molar-refractivity contribution in [1.82, 2.24) is 4.90 Å². The fourth-order valence-electron chi connectivity index (χ4n) is 1.81. The number of ether oxygens (including phenoxy) is 1. The summed E-state index contributed by atoms with van der Waals surface area (Å²) in [6.45, 7) is 8.16. The highest BCUT2D eigenvalue weighted by molar-refractivity contribution is 5.84. The predicted octanol–water partition coefficient (Wildman–Crippen LogP) is 2.12. The zero-order chi connectivity index (χ0) is 10.8. The molecule has 0 aromatic carbocycles. The lowest BCUT2D eigenvalue weighted by Crippen LogP contribution is -2.46. The summed E-state index contributed by atoms with van der Waals surface area (Å²) in [4.78, 5) is 2.15. The van der Waals surface area contributed by atoms with Gasteiger partial charge in [0.2, 0.25) is 0 Å². The van der Waals surface area contributed by atoms with Crippen molar-refractivity contribution in [3.63, 3.8) is 0 Å². The van der Waals surface area contributed by atoms with Crippen molar-refractivity contribution in [2.45, 2.75) is 39.7 Å². The minimum Gasteiger partial charge on any atom is -0.380 e. The number of amidine groups is 1. The second-order valence-corrected chi connectivity index (χ2v) is 5.04. The van der Waals surface area contributed by atoms with E-state index < -0.39 is 0 Å². The lowest BCUT2D eigenvalue weighted by Gasteiger charge is -2.38. The molecule has 82 valence electrons. The summed E-state index contributed by atoms with van der Waals surface area (Å²) in [6.07, 6.45) is 2.58. The molecular weight excluding hydrogens is 176 g/mol. The van der Waals surface area contributed by atoms with Gasteiger partial charge in [-0.3, -0.25) is 5.41 Å². The average Bonchev–Trinajstić information content (AvgIpc) is 2.15. The van der Waals surface area contributed by atoms with Gasteiger partial charge >= 0.3 is 0 Å². The molecular formula is C11H22N2O. The molecule has 3 nitrogen and oxygen atoms in total. The van der Waals surface area contributed by atoms with Gasteiger partial charge in [-0.1, -0.05) is 20.8 Å². The minimum absolute atomic E-state index is 0.0460. The highest BCUT2D eigenvalue weighted by Gasteiger charge is 2.27. The average molecular weight is 198 g/mol. The van der Waals surface area contributed by atoms with Crippen molar-refractivity contribution < 1.29 is 4.74 Å². The van der Waals surface area contributed by atoms with Crippen LogP contribution >= 0.6 is 0 Å². The van der Waals surface area contributed by atoms with Crippen molar-refractivity contribution in [3.8, 4) is 0 Å². The van der Waals surface area contributed by atoms with Crippen molar-refractivity contribution in [1.29, 1.82) is 5.41 Å². The molecule has 1 rings (SSSR count). The van der Waals surface area contributed by atoms with Gasteiger partial charge in [-0.15, -0.1) is 0 Å². The Kier molecular flexibility index (Phi) is 3.53. The first-order valence-electron chi connectivity index (χ1n) is 5.32. The smallest absolute Gasteiger partial charge is 0.101 e. The zero-order valence-electron chi connectivity index (χ0n) is 9.76. The van der Waals surface area contributed by atoms with Gasteiger partial charge in [0.15, 0.2) is 0 Å². The van der Waals surface area contributed by atoms with Crippen LogP contribution in [0.2, 0.25) is 0 Å². The quantitative estimate of drug-likeness (QED) is 0.517. The molecule has 1 N–H and O–H groups in total. The maximum atomic E-state index is 8.07. The lowest BCUT2D eigenvalue weighted by atomic mass is 9.92. The second-order valence-electron chi connectivity index (χ2n) is 5.04. The molecule has 1 saturated heterocycles. The van der Waals surface area contributed by atoms with Crippen LogP contribution in [0, 0.1) is 10.8 Å². The number of nitrogens with one attached hydrogen (secondary N) is 1. The van der Waals surface area contributed by atoms with Crippen molar-refractivity contribution >= 4 is 5.84 Å². The summed E-state index contributed by atoms with van der Waals surface area (Å²) in [6, 6.07) is 0. The maximum Gasteiger partial charge on any atom is 0.101 e. The largest absolute Gasteiger partial charge is 0.380 e. The monoisotopic (exact) mass is 198 g/mol. The van der Waals surface area contributed by atoms with E-state index >= 15 is 0 Å². The molecule has 0 amide bonds. The van der Waals surface area contributed by atoms with E-state index in [1.54, 1.807) is 7.11 Å². The predicted molar refractivity (Wildman–Crippen MR) is 58.8 cm³/mol. The summed E-state index contributed by atoms with van der Waals surface area (Å²) >= 11 is 0. The molecule has 0 radical (unpaired) electrons. The molecule has 1 heterocycles. The molecule has 0 aromatic rings. The molecule has 0 saturated carbocycles. The fraction of sp³-hybridized carbons (Fsp3) is 0.909. The number of hydrogen-bond acceptors (Lipinski definition) is 2. The van der Waals surface area contributed by atoms with Gasteiger partial charge in [-0.2, -0.15) is 0 Å². The van der Waals surface area contributed by atoms with Crippen LogP contribution in [-0.2, 0) is 4.74 Å². The van der Waals surface area contributed by atoms with E-state index in [9.17, 15) is 0 Å². The summed E-state index contributed by atoms with van der Waals surface area (Å²) in [5, 5.41) is 8.07. The van der Waals surface area contributed by atoms with E-state index in [-0.39, 0.29) is 5.41 Å². The number of nitrogens with zero attached hydrogens (tertiary/aromatic N) is 1. The maximum absolute atomic E-state index is 8.07. The molecule has 0 bridgehead atoms. The number of rotatable bonds is 1. The highest BCUT2D eigenvalue weighted by Crippen LogP contribution is 2.21. The van der Waals surface area contributed by atoms with Gasteiger partial charge in [0.25, 0.3) is 0 Å². The van der Waals surface area contributed by atoms with Crippen molar-refractivity contribution in [3.05, 3.63) is 0 Å². The van der Waals surface area contributed by atoms with Crippen LogP contribution in [0.5, 0.6) is 0 Å². The third-order valence-electron chi connectivity index (χ3n) is 2.74. The van der Waals surface area contributed by atoms with Crippen molar-refractivity contribution in [2.75, 3.05) is 20.2 Å². The van der Waals surface area contributed by atoms with E-state index in [0.29, 0.717) is 6.10 Å². The molecule has 14 heavy (non-hydrogen) atoms. The van der Waals surface area contributed by atoms with Crippen molar-refractivity contribution in [2.24, 2.45) is 5.41 Å². The first-order chi connectivity index (χ1) is 6.45. The SMILES string of the molecule is COC1CCCN(C(=N)C(C)(C)C)C1. The standard InChI is InChI=1S/C11H22N2O/c1-11(2,3)10(12)13-7-5-6-9(8-13)14-4/h9,12H,5-8H2,1-4H3. The first kappa shape index (κ1) is 11.5. The Morgan fingerprint density at radius 1 is 1.43 bits per heavy atom. The van der Waals surface area contributed by atoms with E-state index in [2.05, 4.69) is 25.7 Å². The Bertz CT molecular complexity index is 208. The van der Waals surface area contributed by atoms with E-state index in [1.807, 2.05) is 0 Å². The zero-order valence-corrected chi connectivity index (χ0v) is 9.76. The Hall–Kier alpha value is -0.570.